The molecule has 0 saturated carbocycles. The quantitative estimate of drug-likeness (QED) is 0.134. The van der Waals surface area contributed by atoms with Gasteiger partial charge in [0.15, 0.2) is 0 Å². The van der Waals surface area contributed by atoms with Gasteiger partial charge < -0.3 is 0 Å². The summed E-state index contributed by atoms with van der Waals surface area (Å²) in [5, 5.41) is 0. The first kappa shape index (κ1) is 28.7. The normalized spacial score (nSPS) is 18.7. The summed E-state index contributed by atoms with van der Waals surface area (Å²) in [7, 11) is -1.20. The predicted molar refractivity (Wildman–Crippen MR) is 140 cm³/mol. The molecular formula is C26H54O2SiSn. The van der Waals surface area contributed by atoms with Crippen LogP contribution >= 0.6 is 0 Å². The average Bonchev–Trinajstić information content (AvgIpc) is 2.72. The Morgan fingerprint density at radius 1 is 0.900 bits per heavy atom. The van der Waals surface area contributed by atoms with Crippen molar-refractivity contribution in [3.05, 3.63) is 9.29 Å². The monoisotopic (exact) mass is 546 g/mol. The van der Waals surface area contributed by atoms with E-state index in [9.17, 15) is 0 Å². The zero-order valence-corrected chi connectivity index (χ0v) is 25.3. The van der Waals surface area contributed by atoms with Crippen LogP contribution in [0.15, 0.2) is 9.29 Å². The Hall–Kier alpha value is 0.676. The van der Waals surface area contributed by atoms with Crippen molar-refractivity contribution in [3.63, 3.8) is 0 Å². The molecule has 178 valence electrons. The fourth-order valence-corrected chi connectivity index (χ4v) is 28.4. The van der Waals surface area contributed by atoms with Crippen LogP contribution in [0.4, 0.5) is 0 Å². The molecule has 0 spiro atoms. The van der Waals surface area contributed by atoms with E-state index in [1.165, 1.54) is 70.6 Å². The molecule has 1 fully saturated rings. The molecule has 4 heteroatoms. The Morgan fingerprint density at radius 3 is 1.97 bits per heavy atom. The van der Waals surface area contributed by atoms with Crippen LogP contribution in [0, 0.1) is 0 Å². The van der Waals surface area contributed by atoms with Crippen LogP contribution in [-0.4, -0.2) is 46.0 Å². The SMILES string of the molecule is CCC[CH2][Sn]([CH2]CCC)([CH2]CCC)/[C](=C\[Si](C)(C)C)CCCCO[C@H]1CCCCO1. The van der Waals surface area contributed by atoms with Gasteiger partial charge in [0.25, 0.3) is 0 Å². The fourth-order valence-electron chi connectivity index (χ4n) is 4.89. The zero-order chi connectivity index (χ0) is 22.3. The summed E-state index contributed by atoms with van der Waals surface area (Å²) in [5.74, 6) is 0. The molecule has 0 amide bonds. The van der Waals surface area contributed by atoms with Gasteiger partial charge in [-0.1, -0.05) is 0 Å². The Kier molecular flexibility index (Phi) is 15.6. The Labute approximate surface area is 194 Å². The molecular weight excluding hydrogens is 491 g/mol. The van der Waals surface area contributed by atoms with Crippen LogP contribution in [0.25, 0.3) is 0 Å². The third-order valence-corrected chi connectivity index (χ3v) is 24.9. The molecule has 0 unspecified atom stereocenters. The van der Waals surface area contributed by atoms with Crippen LogP contribution < -0.4 is 0 Å². The summed E-state index contributed by atoms with van der Waals surface area (Å²) in [6, 6.07) is 0. The van der Waals surface area contributed by atoms with Crippen LogP contribution in [-0.2, 0) is 9.47 Å². The van der Waals surface area contributed by atoms with Gasteiger partial charge in [0, 0.05) is 0 Å². The van der Waals surface area contributed by atoms with Gasteiger partial charge in [-0.2, -0.15) is 0 Å². The van der Waals surface area contributed by atoms with E-state index in [0.29, 0.717) is 0 Å². The topological polar surface area (TPSA) is 18.5 Å². The number of allylic oxidation sites excluding steroid dienone is 1. The van der Waals surface area contributed by atoms with Gasteiger partial charge in [-0.05, 0) is 0 Å². The van der Waals surface area contributed by atoms with E-state index in [1.807, 2.05) is 3.59 Å². The van der Waals surface area contributed by atoms with Gasteiger partial charge in [0.1, 0.15) is 0 Å². The van der Waals surface area contributed by atoms with Crippen molar-refractivity contribution in [2.75, 3.05) is 13.2 Å². The summed E-state index contributed by atoms with van der Waals surface area (Å²) in [6.45, 7) is 16.6. The second-order valence-electron chi connectivity index (χ2n) is 10.8. The van der Waals surface area contributed by atoms with Crippen molar-refractivity contribution in [2.45, 2.75) is 137 Å². The molecule has 0 aromatic carbocycles. The molecule has 0 aromatic rings. The molecule has 0 N–H and O–H groups in total. The molecule has 1 aliphatic rings. The van der Waals surface area contributed by atoms with Crippen LogP contribution in [0.3, 0.4) is 0 Å². The molecule has 1 saturated heterocycles. The first-order valence-electron chi connectivity index (χ1n) is 13.3. The van der Waals surface area contributed by atoms with E-state index < -0.39 is 26.5 Å². The molecule has 0 aliphatic carbocycles. The zero-order valence-electron chi connectivity index (χ0n) is 21.5. The Bertz CT molecular complexity index is 431. The van der Waals surface area contributed by atoms with E-state index in [1.54, 1.807) is 13.3 Å². The predicted octanol–water partition coefficient (Wildman–Crippen LogP) is 8.89. The molecule has 1 aliphatic heterocycles. The van der Waals surface area contributed by atoms with E-state index in [0.717, 1.165) is 19.6 Å². The van der Waals surface area contributed by atoms with Gasteiger partial charge in [-0.15, -0.1) is 0 Å². The molecule has 2 nitrogen and oxygen atoms in total. The number of ether oxygens (including phenoxy) is 2. The van der Waals surface area contributed by atoms with Crippen molar-refractivity contribution in [1.82, 2.24) is 0 Å². The van der Waals surface area contributed by atoms with Crippen LogP contribution in [0.2, 0.25) is 33.0 Å². The van der Waals surface area contributed by atoms with Gasteiger partial charge in [0.05, 0.1) is 0 Å². The summed E-state index contributed by atoms with van der Waals surface area (Å²) in [6.07, 6.45) is 16.0. The molecule has 1 atom stereocenters. The Morgan fingerprint density at radius 2 is 1.50 bits per heavy atom. The molecule has 1 heterocycles. The number of hydrogen-bond acceptors (Lipinski definition) is 2. The van der Waals surface area contributed by atoms with Crippen molar-refractivity contribution in [3.8, 4) is 0 Å². The third-order valence-electron chi connectivity index (χ3n) is 6.60. The van der Waals surface area contributed by atoms with E-state index >= 15 is 0 Å². The minimum absolute atomic E-state index is 0.0765. The maximum absolute atomic E-state index is 6.03. The molecule has 30 heavy (non-hydrogen) atoms. The molecule has 0 bridgehead atoms. The van der Waals surface area contributed by atoms with Gasteiger partial charge in [-0.25, -0.2) is 0 Å². The first-order chi connectivity index (χ1) is 14.4. The van der Waals surface area contributed by atoms with Crippen molar-refractivity contribution in [2.24, 2.45) is 0 Å². The summed E-state index contributed by atoms with van der Waals surface area (Å²) < 4.78 is 18.6. The average molecular weight is 546 g/mol. The standard InChI is InChI=1S/C14H27O2Si.3C4H9.Sn/c1-17(2,3)13-9-5-4-7-11-15-14-10-6-8-12-16-14;3*1-3-4-2;/h13-14H,4-8,10-12H2,1-3H3;3*1,3-4H2,2H3;/t14-;;;;/m1..../s1. The van der Waals surface area contributed by atoms with E-state index in [2.05, 4.69) is 46.1 Å². The van der Waals surface area contributed by atoms with Gasteiger partial charge in [0.2, 0.25) is 0 Å². The van der Waals surface area contributed by atoms with Gasteiger partial charge >= 0.3 is 195 Å². The van der Waals surface area contributed by atoms with E-state index in [-0.39, 0.29) is 6.29 Å². The third kappa shape index (κ3) is 12.1. The summed E-state index contributed by atoms with van der Waals surface area (Å²) in [5.41, 5.74) is 2.88. The number of unbranched alkanes of at least 4 members (excludes halogenated alkanes) is 4. The van der Waals surface area contributed by atoms with Crippen molar-refractivity contribution >= 4 is 26.5 Å². The van der Waals surface area contributed by atoms with E-state index in [4.69, 9.17) is 9.47 Å². The molecule has 0 aromatic heterocycles. The number of hydrogen-bond donors (Lipinski definition) is 0. The first-order valence-corrected chi connectivity index (χ1v) is 24.4. The van der Waals surface area contributed by atoms with Crippen molar-refractivity contribution < 1.29 is 9.47 Å². The van der Waals surface area contributed by atoms with Crippen molar-refractivity contribution in [1.29, 1.82) is 0 Å². The van der Waals surface area contributed by atoms with Crippen LogP contribution in [0.1, 0.15) is 97.8 Å². The second-order valence-corrected chi connectivity index (χ2v) is 29.2. The number of rotatable bonds is 17. The maximum atomic E-state index is 6.03. The van der Waals surface area contributed by atoms with Gasteiger partial charge in [-0.3, -0.25) is 0 Å². The fraction of sp³-hybridized carbons (Fsp3) is 0.923. The second kappa shape index (κ2) is 16.3. The molecule has 1 rings (SSSR count). The summed E-state index contributed by atoms with van der Waals surface area (Å²) in [4.78, 5) is 0. The molecule has 0 radical (unpaired) electrons. The summed E-state index contributed by atoms with van der Waals surface area (Å²) >= 11 is -2.29. The van der Waals surface area contributed by atoms with Crippen LogP contribution in [0.5, 0.6) is 0 Å². The Balaban J connectivity index is 2.82. The minimum atomic E-state index is -2.29.